The Bertz CT molecular complexity index is 1300. The molecule has 9 nitrogen and oxygen atoms in total. The van der Waals surface area contributed by atoms with Crippen LogP contribution in [0.2, 0.25) is 0 Å². The van der Waals surface area contributed by atoms with Gasteiger partial charge in [0.05, 0.1) is 11.6 Å². The largest absolute Gasteiger partial charge is 0.488 e. The van der Waals surface area contributed by atoms with Crippen molar-refractivity contribution in [1.82, 2.24) is 9.29 Å². The van der Waals surface area contributed by atoms with E-state index in [1.807, 2.05) is 0 Å². The minimum absolute atomic E-state index is 0.0904. The maximum Gasteiger partial charge on any atom is 0.276 e. The highest BCUT2D eigenvalue weighted by molar-refractivity contribution is 7.89. The number of rotatable bonds is 3. The molecule has 0 unspecified atom stereocenters. The van der Waals surface area contributed by atoms with Crippen LogP contribution in [-0.2, 0) is 17.1 Å². The van der Waals surface area contributed by atoms with Crippen molar-refractivity contribution in [1.29, 1.82) is 5.26 Å². The third-order valence-corrected chi connectivity index (χ3v) is 6.54. The molecule has 1 amide bonds. The summed E-state index contributed by atoms with van der Waals surface area (Å²) in [6, 6.07) is 4.15. The van der Waals surface area contributed by atoms with Crippen molar-refractivity contribution < 1.29 is 27.4 Å². The van der Waals surface area contributed by atoms with Crippen LogP contribution in [0.5, 0.6) is 5.75 Å². The lowest BCUT2D eigenvalue weighted by atomic mass is 10.2. The Morgan fingerprint density at radius 3 is 2.88 bits per heavy atom. The van der Waals surface area contributed by atoms with E-state index in [-0.39, 0.29) is 40.1 Å². The second-order valence-corrected chi connectivity index (χ2v) is 9.27. The van der Waals surface area contributed by atoms with Crippen LogP contribution in [0.25, 0.3) is 0 Å². The average molecular weight is 458 g/mol. The van der Waals surface area contributed by atoms with E-state index in [0.29, 0.717) is 0 Å². The first kappa shape index (κ1) is 21.8. The lowest BCUT2D eigenvalue weighted by Gasteiger charge is -2.17. The number of carbonyl (C=O) groups excluding carboxylic acids is 1. The third-order valence-electron chi connectivity index (χ3n) is 5.06. The molecule has 2 atom stereocenters. The first-order valence-electron chi connectivity index (χ1n) is 9.74. The Morgan fingerprint density at radius 1 is 1.44 bits per heavy atom. The SMILES string of the molecule is Cn1cc2c(c1C(=O)Nc1ccc(F)c(C#N)c1)OC[C@H]([C@H](O)C#CC1CC1)NS2(=O)=O. The Labute approximate surface area is 183 Å². The molecule has 0 bridgehead atoms. The molecule has 0 spiro atoms. The van der Waals surface area contributed by atoms with Crippen LogP contribution in [0.1, 0.15) is 28.9 Å². The lowest BCUT2D eigenvalue weighted by molar-refractivity contribution is 0.101. The van der Waals surface area contributed by atoms with Gasteiger partial charge in [0.1, 0.15) is 29.5 Å². The molecular weight excluding hydrogens is 439 g/mol. The van der Waals surface area contributed by atoms with Crippen molar-refractivity contribution in [2.24, 2.45) is 13.0 Å². The van der Waals surface area contributed by atoms with Crippen molar-refractivity contribution in [3.05, 3.63) is 41.5 Å². The fraction of sp³-hybridized carbons (Fsp3) is 0.333. The predicted molar refractivity (Wildman–Crippen MR) is 111 cm³/mol. The average Bonchev–Trinajstić information content (AvgIpc) is 3.52. The van der Waals surface area contributed by atoms with Crippen molar-refractivity contribution >= 4 is 21.6 Å². The van der Waals surface area contributed by atoms with E-state index >= 15 is 0 Å². The fourth-order valence-electron chi connectivity index (χ4n) is 3.21. The molecule has 0 radical (unpaired) electrons. The zero-order chi connectivity index (χ0) is 23.0. The fourth-order valence-corrected chi connectivity index (χ4v) is 4.63. The number of hydrogen-bond acceptors (Lipinski definition) is 6. The molecule has 11 heteroatoms. The van der Waals surface area contributed by atoms with Gasteiger partial charge in [-0.15, -0.1) is 0 Å². The number of nitriles is 1. The van der Waals surface area contributed by atoms with E-state index in [2.05, 4.69) is 21.9 Å². The number of fused-ring (bicyclic) bond motifs is 1. The van der Waals surface area contributed by atoms with Gasteiger partial charge in [0.2, 0.25) is 10.0 Å². The topological polar surface area (TPSA) is 133 Å². The Morgan fingerprint density at radius 2 is 2.19 bits per heavy atom. The van der Waals surface area contributed by atoms with Crippen molar-refractivity contribution in [2.45, 2.75) is 29.9 Å². The maximum absolute atomic E-state index is 13.5. The number of benzene rings is 1. The number of sulfonamides is 1. The van der Waals surface area contributed by atoms with E-state index in [1.54, 1.807) is 6.07 Å². The van der Waals surface area contributed by atoms with Gasteiger partial charge in [0.15, 0.2) is 11.4 Å². The molecule has 32 heavy (non-hydrogen) atoms. The molecule has 0 saturated heterocycles. The van der Waals surface area contributed by atoms with E-state index < -0.39 is 33.9 Å². The van der Waals surface area contributed by atoms with E-state index in [4.69, 9.17) is 10.00 Å². The Hall–Kier alpha value is -3.38. The number of anilines is 1. The summed E-state index contributed by atoms with van der Waals surface area (Å²) in [6.45, 7) is -0.244. The number of hydrogen-bond donors (Lipinski definition) is 3. The lowest BCUT2D eigenvalue weighted by Crippen LogP contribution is -2.45. The van der Waals surface area contributed by atoms with Gasteiger partial charge in [-0.05, 0) is 31.0 Å². The van der Waals surface area contributed by atoms with Gasteiger partial charge < -0.3 is 19.7 Å². The van der Waals surface area contributed by atoms with E-state index in [9.17, 15) is 22.7 Å². The number of aryl methyl sites for hydroxylation is 1. The van der Waals surface area contributed by atoms with Gasteiger partial charge in [-0.1, -0.05) is 11.8 Å². The number of amides is 1. The summed E-state index contributed by atoms with van der Waals surface area (Å²) in [7, 11) is -2.64. The number of aromatic nitrogens is 1. The minimum atomic E-state index is -4.12. The van der Waals surface area contributed by atoms with Crippen LogP contribution in [-0.4, -0.2) is 42.8 Å². The number of ether oxygens (including phenoxy) is 1. The molecule has 2 aromatic rings. The number of carbonyl (C=O) groups is 1. The molecule has 1 aromatic carbocycles. The van der Waals surface area contributed by atoms with Gasteiger partial charge in [0.25, 0.3) is 5.91 Å². The summed E-state index contributed by atoms with van der Waals surface area (Å²) in [5.74, 6) is 4.15. The third kappa shape index (κ3) is 4.32. The quantitative estimate of drug-likeness (QED) is 0.590. The summed E-state index contributed by atoms with van der Waals surface area (Å²) in [6.07, 6.45) is 1.87. The summed E-state index contributed by atoms with van der Waals surface area (Å²) in [5, 5.41) is 21.8. The highest BCUT2D eigenvalue weighted by atomic mass is 32.2. The first-order valence-corrected chi connectivity index (χ1v) is 11.2. The zero-order valence-electron chi connectivity index (χ0n) is 16.9. The normalized spacial score (nSPS) is 19.9. The predicted octanol–water partition coefficient (Wildman–Crippen LogP) is 1.10. The molecule has 1 aliphatic carbocycles. The molecule has 1 aliphatic heterocycles. The van der Waals surface area contributed by atoms with Crippen LogP contribution in [0.15, 0.2) is 29.3 Å². The van der Waals surface area contributed by atoms with Crippen molar-refractivity contribution in [3.63, 3.8) is 0 Å². The molecule has 2 heterocycles. The zero-order valence-corrected chi connectivity index (χ0v) is 17.7. The highest BCUT2D eigenvalue weighted by Crippen LogP contribution is 2.33. The number of aliphatic hydroxyl groups is 1. The minimum Gasteiger partial charge on any atom is -0.488 e. The molecule has 166 valence electrons. The molecule has 1 fully saturated rings. The molecule has 3 N–H and O–H groups in total. The van der Waals surface area contributed by atoms with Crippen molar-refractivity contribution in [2.75, 3.05) is 11.9 Å². The van der Waals surface area contributed by atoms with Crippen LogP contribution < -0.4 is 14.8 Å². The van der Waals surface area contributed by atoms with E-state index in [0.717, 1.165) is 18.9 Å². The van der Waals surface area contributed by atoms with Crippen molar-refractivity contribution in [3.8, 4) is 23.7 Å². The monoisotopic (exact) mass is 458 g/mol. The number of nitrogens with one attached hydrogen (secondary N) is 2. The Kier molecular flexibility index (Phi) is 5.65. The first-order chi connectivity index (χ1) is 15.2. The standard InChI is InChI=1S/C21H19FN4O5S/c1-26-10-18-20(19(26)21(28)24-14-5-6-15(22)13(8-14)9-23)31-11-16(25-32(18,29)30)17(27)7-4-12-2-3-12/h5-6,8,10,12,16-17,25,27H,2-3,11H2,1H3,(H,24,28)/t16-,17-/m1/s1. The van der Waals surface area contributed by atoms with Gasteiger partial charge in [-0.2, -0.15) is 5.26 Å². The number of aliphatic hydroxyl groups excluding tert-OH is 1. The van der Waals surface area contributed by atoms with Crippen LogP contribution in [0.4, 0.5) is 10.1 Å². The summed E-state index contributed by atoms with van der Waals surface area (Å²) < 4.78 is 48.6. The highest BCUT2D eigenvalue weighted by Gasteiger charge is 2.36. The van der Waals surface area contributed by atoms with Gasteiger partial charge in [0, 0.05) is 24.8 Å². The smallest absolute Gasteiger partial charge is 0.276 e. The van der Waals surface area contributed by atoms with Gasteiger partial charge >= 0.3 is 0 Å². The summed E-state index contributed by atoms with van der Waals surface area (Å²) in [5.41, 5.74) is -0.186. The van der Waals surface area contributed by atoms with Crippen LogP contribution >= 0.6 is 0 Å². The van der Waals surface area contributed by atoms with Crippen LogP contribution in [0.3, 0.4) is 0 Å². The van der Waals surface area contributed by atoms with E-state index in [1.165, 1.54) is 29.9 Å². The second-order valence-electron chi connectivity index (χ2n) is 7.59. The second kappa shape index (κ2) is 8.28. The van der Waals surface area contributed by atoms with Crippen LogP contribution in [0, 0.1) is 34.9 Å². The molecule has 1 aromatic heterocycles. The number of nitrogens with zero attached hydrogens (tertiary/aromatic N) is 2. The molecule has 4 rings (SSSR count). The molecule has 1 saturated carbocycles. The number of halogens is 1. The maximum atomic E-state index is 13.5. The summed E-state index contributed by atoms with van der Waals surface area (Å²) >= 11 is 0. The molecule has 2 aliphatic rings. The molecular formula is C21H19FN4O5S. The van der Waals surface area contributed by atoms with Gasteiger partial charge in [-0.25, -0.2) is 17.5 Å². The van der Waals surface area contributed by atoms with Gasteiger partial charge in [-0.3, -0.25) is 4.79 Å². The summed E-state index contributed by atoms with van der Waals surface area (Å²) in [4.78, 5) is 12.6. The Balaban J connectivity index is 1.61.